The molecule has 0 aromatic carbocycles. The Morgan fingerprint density at radius 1 is 0.827 bits per heavy atom. The molecule has 1 unspecified atom stereocenters. The molecule has 272 valence electrons. The van der Waals surface area contributed by atoms with Crippen LogP contribution in [0.15, 0.2) is 90.8 Å². The second-order valence-corrected chi connectivity index (χ2v) is 12.4. The van der Waals surface area contributed by atoms with Gasteiger partial charge in [0, 0.05) is 35.9 Å². The molecule has 5 aromatic heterocycles. The van der Waals surface area contributed by atoms with Gasteiger partial charge in [-0.3, -0.25) is 9.97 Å². The number of hydrazone groups is 1. The van der Waals surface area contributed by atoms with E-state index in [0.29, 0.717) is 27.9 Å². The lowest BCUT2D eigenvalue weighted by Gasteiger charge is -2.33. The maximum Gasteiger partial charge on any atom is 0.438 e. The Morgan fingerprint density at radius 2 is 1.50 bits per heavy atom. The predicted octanol–water partition coefficient (Wildman–Crippen LogP) is 7.53. The van der Waals surface area contributed by atoms with Crippen molar-refractivity contribution in [3.63, 3.8) is 0 Å². The van der Waals surface area contributed by atoms with Crippen LogP contribution >= 0.6 is 0 Å². The van der Waals surface area contributed by atoms with Gasteiger partial charge < -0.3 is 10.8 Å². The molecule has 1 fully saturated rings. The molecule has 1 atom stereocenters. The van der Waals surface area contributed by atoms with Crippen LogP contribution in [0.4, 0.5) is 42.2 Å². The van der Waals surface area contributed by atoms with Crippen molar-refractivity contribution in [3.8, 4) is 16.9 Å². The van der Waals surface area contributed by atoms with E-state index in [1.807, 2.05) is 0 Å². The minimum absolute atomic E-state index is 0.0160. The topological polar surface area (TPSA) is 131 Å². The summed E-state index contributed by atoms with van der Waals surface area (Å²) in [4.78, 5) is 15.3. The first-order valence-electron chi connectivity index (χ1n) is 16.2. The largest absolute Gasteiger partial charge is 0.438 e. The normalized spacial score (nSPS) is 18.2. The van der Waals surface area contributed by atoms with Crippen molar-refractivity contribution in [2.75, 3.05) is 10.7 Å². The molecule has 10 nitrogen and oxygen atoms in total. The molecule has 0 amide bonds. The molecule has 7 rings (SSSR count). The molecule has 1 saturated carbocycles. The number of rotatable bonds is 6. The maximum atomic E-state index is 13.7. The van der Waals surface area contributed by atoms with E-state index in [1.165, 1.54) is 50.1 Å². The van der Waals surface area contributed by atoms with Crippen molar-refractivity contribution in [1.82, 2.24) is 29.7 Å². The third-order valence-electron chi connectivity index (χ3n) is 8.81. The van der Waals surface area contributed by atoms with Crippen molar-refractivity contribution in [2.24, 2.45) is 11.0 Å². The second kappa shape index (κ2) is 14.7. The zero-order chi connectivity index (χ0) is 37.1. The van der Waals surface area contributed by atoms with E-state index in [9.17, 15) is 35.8 Å². The number of hydrogen-bond acceptors (Lipinski definition) is 9. The fourth-order valence-electron chi connectivity index (χ4n) is 6.15. The minimum Gasteiger partial charge on any atom is -0.383 e. The van der Waals surface area contributed by atoms with Crippen molar-refractivity contribution in [2.45, 2.75) is 63.0 Å². The zero-order valence-electron chi connectivity index (χ0n) is 27.4. The Morgan fingerprint density at radius 3 is 2.10 bits per heavy atom. The Bertz CT molecular complexity index is 2000. The standard InChI is InChI=1S/C21H22F3N5.C14H10F4N4O/c22-21(23,24)19-11-18(15-7-4-8-26-12-15)28-29(19)17-10-16(20(25)27-13-17)9-14-5-2-1-3-6-14;15-12-4-3-10(8-20-12)22-13(23,14(16,17)18)6-11(21-22)9-2-1-5-19-7-9/h4,7-8,10-14H,1-3,5-6,9H2,(H2,25,27);1-5,7-8,23H,6H2. The highest BCUT2D eigenvalue weighted by atomic mass is 19.4. The van der Waals surface area contributed by atoms with E-state index >= 15 is 0 Å². The highest BCUT2D eigenvalue weighted by Gasteiger charge is 2.62. The number of hydrogen-bond donors (Lipinski definition) is 2. The summed E-state index contributed by atoms with van der Waals surface area (Å²) in [6.07, 6.45) is 4.34. The molecule has 0 saturated heterocycles. The SMILES string of the molecule is Nc1ncc(-n2nc(-c3cccnc3)cc2C(F)(F)F)cc1CC1CCCCC1.OC1(C(F)(F)F)CC(c2cccnc2)=NN1c1ccc(F)nc1. The molecule has 6 heterocycles. The summed E-state index contributed by atoms with van der Waals surface area (Å²) in [5.41, 5.74) is 3.89. The van der Waals surface area contributed by atoms with E-state index in [0.717, 1.165) is 53.9 Å². The van der Waals surface area contributed by atoms with Crippen LogP contribution in [0.3, 0.4) is 0 Å². The third kappa shape index (κ3) is 7.88. The smallest absolute Gasteiger partial charge is 0.383 e. The Labute approximate surface area is 292 Å². The summed E-state index contributed by atoms with van der Waals surface area (Å²) in [7, 11) is 0. The molecule has 1 aliphatic carbocycles. The average molecular weight is 728 g/mol. The number of anilines is 2. The molecule has 17 heteroatoms. The number of nitrogens with zero attached hydrogens (tertiary/aromatic N) is 8. The number of aliphatic hydroxyl groups is 1. The van der Waals surface area contributed by atoms with Crippen LogP contribution in [0.2, 0.25) is 0 Å². The molecule has 52 heavy (non-hydrogen) atoms. The van der Waals surface area contributed by atoms with Gasteiger partial charge in [0.25, 0.3) is 5.72 Å². The van der Waals surface area contributed by atoms with Crippen molar-refractivity contribution in [1.29, 1.82) is 0 Å². The Hall–Kier alpha value is -5.45. The lowest BCUT2D eigenvalue weighted by atomic mass is 9.85. The maximum absolute atomic E-state index is 13.7. The van der Waals surface area contributed by atoms with E-state index in [1.54, 1.807) is 30.5 Å². The fourth-order valence-corrected chi connectivity index (χ4v) is 6.15. The number of halogens is 7. The van der Waals surface area contributed by atoms with Gasteiger partial charge in [-0.15, -0.1) is 0 Å². The van der Waals surface area contributed by atoms with Crippen LogP contribution in [-0.4, -0.2) is 52.4 Å². The van der Waals surface area contributed by atoms with E-state index in [4.69, 9.17) is 5.73 Å². The highest BCUT2D eigenvalue weighted by molar-refractivity contribution is 6.03. The lowest BCUT2D eigenvalue weighted by Crippen LogP contribution is -2.55. The monoisotopic (exact) mass is 727 g/mol. The first-order valence-corrected chi connectivity index (χ1v) is 16.2. The first-order chi connectivity index (χ1) is 24.7. The van der Waals surface area contributed by atoms with Gasteiger partial charge in [-0.25, -0.2) is 19.7 Å². The van der Waals surface area contributed by atoms with Crippen LogP contribution in [0.25, 0.3) is 16.9 Å². The summed E-state index contributed by atoms with van der Waals surface area (Å²) in [5.74, 6) is 0.0150. The van der Waals surface area contributed by atoms with Crippen LogP contribution in [-0.2, 0) is 12.6 Å². The molecule has 5 aromatic rings. The second-order valence-electron chi connectivity index (χ2n) is 12.4. The van der Waals surface area contributed by atoms with Crippen LogP contribution in [0, 0.1) is 11.9 Å². The summed E-state index contributed by atoms with van der Waals surface area (Å²) in [6.45, 7) is 0. The molecular formula is C35H32F7N9O. The zero-order valence-corrected chi connectivity index (χ0v) is 27.4. The summed E-state index contributed by atoms with van der Waals surface area (Å²) in [5, 5.41) is 18.7. The summed E-state index contributed by atoms with van der Waals surface area (Å²) >= 11 is 0. The van der Waals surface area contributed by atoms with Gasteiger partial charge in [-0.2, -0.15) is 40.9 Å². The number of nitrogens with two attached hydrogens (primary N) is 1. The minimum atomic E-state index is -4.98. The van der Waals surface area contributed by atoms with Gasteiger partial charge in [0.2, 0.25) is 5.95 Å². The molecule has 0 radical (unpaired) electrons. The number of aromatic nitrogens is 6. The van der Waals surface area contributed by atoms with Crippen LogP contribution < -0.4 is 10.7 Å². The lowest BCUT2D eigenvalue weighted by molar-refractivity contribution is -0.254. The van der Waals surface area contributed by atoms with Gasteiger partial charge >= 0.3 is 12.4 Å². The molecule has 1 aliphatic heterocycles. The molecular weight excluding hydrogens is 695 g/mol. The molecule has 0 spiro atoms. The third-order valence-corrected chi connectivity index (χ3v) is 8.81. The number of nitrogen functional groups attached to an aromatic ring is 1. The van der Waals surface area contributed by atoms with Gasteiger partial charge in [-0.1, -0.05) is 38.2 Å². The Balaban J connectivity index is 0.000000183. The van der Waals surface area contributed by atoms with Crippen molar-refractivity contribution in [3.05, 3.63) is 108 Å². The highest BCUT2D eigenvalue weighted by Crippen LogP contribution is 2.43. The number of pyridine rings is 4. The first kappa shape index (κ1) is 36.3. The molecule has 3 N–H and O–H groups in total. The Kier molecular flexibility index (Phi) is 10.2. The summed E-state index contributed by atoms with van der Waals surface area (Å²) in [6, 6.07) is 11.1. The van der Waals surface area contributed by atoms with Gasteiger partial charge in [-0.05, 0) is 60.4 Å². The number of alkyl halides is 6. The molecule has 2 aliphatic rings. The van der Waals surface area contributed by atoms with Crippen molar-refractivity contribution < 1.29 is 35.8 Å². The van der Waals surface area contributed by atoms with E-state index in [2.05, 4.69) is 30.1 Å². The van der Waals surface area contributed by atoms with Gasteiger partial charge in [0.05, 0.1) is 41.6 Å². The van der Waals surface area contributed by atoms with Gasteiger partial charge in [0.15, 0.2) is 0 Å². The molecule has 0 bridgehead atoms. The average Bonchev–Trinajstić information content (AvgIpc) is 3.75. The fraction of sp³-hybridized carbons (Fsp3) is 0.314. The van der Waals surface area contributed by atoms with Gasteiger partial charge in [0.1, 0.15) is 11.5 Å². The quantitative estimate of drug-likeness (QED) is 0.136. The van der Waals surface area contributed by atoms with Crippen molar-refractivity contribution >= 4 is 17.2 Å². The van der Waals surface area contributed by atoms with E-state index in [-0.39, 0.29) is 22.8 Å². The predicted molar refractivity (Wildman–Crippen MR) is 177 cm³/mol. The van der Waals surface area contributed by atoms with Crippen LogP contribution in [0.5, 0.6) is 0 Å². The van der Waals surface area contributed by atoms with Crippen LogP contribution in [0.1, 0.15) is 55.3 Å². The summed E-state index contributed by atoms with van der Waals surface area (Å²) < 4.78 is 95.0. The van der Waals surface area contributed by atoms with E-state index < -0.39 is 36.1 Å².